The van der Waals surface area contributed by atoms with Crippen molar-refractivity contribution < 1.29 is 22.7 Å². The van der Waals surface area contributed by atoms with Crippen LogP contribution in [0.2, 0.25) is 0 Å². The molecule has 1 saturated heterocycles. The van der Waals surface area contributed by atoms with E-state index in [4.69, 9.17) is 4.74 Å². The molecule has 0 radical (unpaired) electrons. The summed E-state index contributed by atoms with van der Waals surface area (Å²) in [6, 6.07) is 13.3. The number of aryl methyl sites for hydroxylation is 3. The summed E-state index contributed by atoms with van der Waals surface area (Å²) in [6.45, 7) is 9.58. The Labute approximate surface area is 255 Å². The standard InChI is InChI=1S/C33H35F3N6O2/c1-20-14-21(2)31(22(3)15-20)44-33(43)42(19-24-16-25(34)6-8-27(24)35)30-10-11-37-32(39-30)38-26-7-9-29(28(36)17-26)41-13-12-40(5)23(4)18-41/h6-11,14-17,23H,12-13,18-19H2,1-5H3,(H,37,38,39). The summed E-state index contributed by atoms with van der Waals surface area (Å²) in [7, 11) is 2.06. The van der Waals surface area contributed by atoms with Crippen molar-refractivity contribution in [1.82, 2.24) is 14.9 Å². The van der Waals surface area contributed by atoms with Crippen molar-refractivity contribution in [2.45, 2.75) is 40.3 Å². The van der Waals surface area contributed by atoms with Crippen molar-refractivity contribution in [3.63, 3.8) is 0 Å². The van der Waals surface area contributed by atoms with Gasteiger partial charge in [-0.1, -0.05) is 17.7 Å². The lowest BCUT2D eigenvalue weighted by molar-refractivity contribution is 0.206. The normalized spacial score (nSPS) is 15.3. The van der Waals surface area contributed by atoms with E-state index in [1.54, 1.807) is 12.1 Å². The van der Waals surface area contributed by atoms with Crippen LogP contribution < -0.4 is 19.9 Å². The number of aromatic nitrogens is 2. The van der Waals surface area contributed by atoms with Crippen LogP contribution in [-0.4, -0.2) is 53.7 Å². The number of halogens is 3. The fourth-order valence-corrected chi connectivity index (χ4v) is 5.34. The number of benzene rings is 3. The van der Waals surface area contributed by atoms with Gasteiger partial charge in [0.05, 0.1) is 12.2 Å². The van der Waals surface area contributed by atoms with Gasteiger partial charge < -0.3 is 19.9 Å². The van der Waals surface area contributed by atoms with Gasteiger partial charge >= 0.3 is 6.09 Å². The monoisotopic (exact) mass is 604 g/mol. The van der Waals surface area contributed by atoms with Gasteiger partial charge in [-0.3, -0.25) is 4.90 Å². The van der Waals surface area contributed by atoms with E-state index in [9.17, 15) is 13.6 Å². The van der Waals surface area contributed by atoms with E-state index in [1.807, 2.05) is 37.8 Å². The third-order valence-corrected chi connectivity index (χ3v) is 7.77. The van der Waals surface area contributed by atoms with E-state index in [-0.39, 0.29) is 23.9 Å². The van der Waals surface area contributed by atoms with Gasteiger partial charge in [0.1, 0.15) is 29.0 Å². The molecule has 1 amide bonds. The van der Waals surface area contributed by atoms with Gasteiger partial charge in [0, 0.05) is 43.1 Å². The maximum Gasteiger partial charge on any atom is 0.421 e. The topological polar surface area (TPSA) is 73.8 Å². The zero-order valence-electron chi connectivity index (χ0n) is 25.4. The molecule has 1 aromatic heterocycles. The third-order valence-electron chi connectivity index (χ3n) is 7.77. The molecule has 2 heterocycles. The van der Waals surface area contributed by atoms with Gasteiger partial charge in [0.15, 0.2) is 0 Å². The number of carbonyl (C=O) groups is 1. The van der Waals surface area contributed by atoms with Crippen LogP contribution in [0, 0.1) is 38.2 Å². The van der Waals surface area contributed by atoms with Crippen LogP contribution in [-0.2, 0) is 6.54 Å². The van der Waals surface area contributed by atoms with Crippen LogP contribution in [0.25, 0.3) is 0 Å². The molecule has 1 aliphatic heterocycles. The number of hydrogen-bond acceptors (Lipinski definition) is 7. The Morgan fingerprint density at radius 2 is 1.75 bits per heavy atom. The Kier molecular flexibility index (Phi) is 9.05. The summed E-state index contributed by atoms with van der Waals surface area (Å²) in [5.41, 5.74) is 3.35. The molecule has 44 heavy (non-hydrogen) atoms. The molecule has 230 valence electrons. The van der Waals surface area contributed by atoms with Crippen LogP contribution >= 0.6 is 0 Å². The lowest BCUT2D eigenvalue weighted by atomic mass is 10.1. The second kappa shape index (κ2) is 12.9. The molecular formula is C33H35F3N6O2. The molecule has 4 aromatic rings. The molecule has 1 fully saturated rings. The van der Waals surface area contributed by atoms with Gasteiger partial charge in [-0.25, -0.2) is 22.9 Å². The van der Waals surface area contributed by atoms with Crippen LogP contribution in [0.5, 0.6) is 5.75 Å². The molecule has 0 saturated carbocycles. The predicted molar refractivity (Wildman–Crippen MR) is 165 cm³/mol. The number of rotatable bonds is 7. The molecule has 0 spiro atoms. The average molecular weight is 605 g/mol. The number of ether oxygens (including phenoxy) is 1. The van der Waals surface area contributed by atoms with Gasteiger partial charge in [-0.2, -0.15) is 4.98 Å². The highest BCUT2D eigenvalue weighted by molar-refractivity contribution is 5.88. The zero-order valence-corrected chi connectivity index (χ0v) is 25.4. The summed E-state index contributed by atoms with van der Waals surface area (Å²) in [6.07, 6.45) is 0.566. The first-order chi connectivity index (χ1) is 21.0. The largest absolute Gasteiger partial charge is 0.421 e. The minimum absolute atomic E-state index is 0.0664. The van der Waals surface area contributed by atoms with Gasteiger partial charge in [-0.05, 0) is 88.3 Å². The Bertz CT molecular complexity index is 1660. The van der Waals surface area contributed by atoms with Crippen molar-refractivity contribution in [3.05, 3.63) is 100 Å². The smallest absolute Gasteiger partial charge is 0.409 e. The molecule has 1 N–H and O–H groups in total. The molecule has 1 atom stereocenters. The van der Waals surface area contributed by atoms with Crippen LogP contribution in [0.1, 0.15) is 29.2 Å². The molecule has 0 bridgehead atoms. The molecule has 8 nitrogen and oxygen atoms in total. The third kappa shape index (κ3) is 6.94. The fourth-order valence-electron chi connectivity index (χ4n) is 5.34. The number of nitrogens with one attached hydrogen (secondary N) is 1. The molecule has 0 aliphatic carbocycles. The van der Waals surface area contributed by atoms with Gasteiger partial charge in [0.2, 0.25) is 5.95 Å². The summed E-state index contributed by atoms with van der Waals surface area (Å²) >= 11 is 0. The number of hydrogen-bond donors (Lipinski definition) is 1. The molecular weight excluding hydrogens is 569 g/mol. The summed E-state index contributed by atoms with van der Waals surface area (Å²) in [4.78, 5) is 27.6. The Morgan fingerprint density at radius 1 is 1.00 bits per heavy atom. The summed E-state index contributed by atoms with van der Waals surface area (Å²) in [5, 5.41) is 2.98. The van der Waals surface area contributed by atoms with Gasteiger partial charge in [0.25, 0.3) is 0 Å². The Morgan fingerprint density at radius 3 is 2.45 bits per heavy atom. The summed E-state index contributed by atoms with van der Waals surface area (Å²) in [5.74, 6) is -1.22. The highest BCUT2D eigenvalue weighted by atomic mass is 19.1. The van der Waals surface area contributed by atoms with Crippen LogP contribution in [0.4, 0.5) is 41.1 Å². The van der Waals surface area contributed by atoms with E-state index >= 15 is 4.39 Å². The average Bonchev–Trinajstić information content (AvgIpc) is 2.97. The van der Waals surface area contributed by atoms with Crippen molar-refractivity contribution in [2.24, 2.45) is 0 Å². The SMILES string of the molecule is Cc1cc(C)c(OC(=O)N(Cc2cc(F)ccc2F)c2ccnc(Nc3ccc(N4CCN(C)C(C)C4)c(F)c3)n2)c(C)c1. The minimum atomic E-state index is -0.842. The van der Waals surface area contributed by atoms with E-state index in [0.717, 1.165) is 52.9 Å². The Balaban J connectivity index is 1.42. The first kappa shape index (κ1) is 30.8. The maximum absolute atomic E-state index is 15.2. The second-order valence-electron chi connectivity index (χ2n) is 11.2. The number of carbonyl (C=O) groups excluding carboxylic acids is 1. The number of anilines is 4. The number of nitrogens with zero attached hydrogens (tertiary/aromatic N) is 5. The quantitative estimate of drug-likeness (QED) is 0.246. The lowest BCUT2D eigenvalue weighted by Gasteiger charge is -2.39. The minimum Gasteiger partial charge on any atom is -0.409 e. The second-order valence-corrected chi connectivity index (χ2v) is 11.2. The highest BCUT2D eigenvalue weighted by Crippen LogP contribution is 2.29. The van der Waals surface area contributed by atoms with E-state index in [0.29, 0.717) is 29.7 Å². The first-order valence-electron chi connectivity index (χ1n) is 14.3. The fraction of sp³-hybridized carbons (Fsp3) is 0.303. The maximum atomic E-state index is 15.2. The Hall–Kier alpha value is -4.64. The van der Waals surface area contributed by atoms with Crippen LogP contribution in [0.3, 0.4) is 0 Å². The van der Waals surface area contributed by atoms with Crippen molar-refractivity contribution in [1.29, 1.82) is 0 Å². The van der Waals surface area contributed by atoms with E-state index < -0.39 is 23.5 Å². The number of amides is 1. The zero-order chi connectivity index (χ0) is 31.5. The molecule has 1 unspecified atom stereocenters. The van der Waals surface area contributed by atoms with Crippen molar-refractivity contribution in [3.8, 4) is 5.75 Å². The number of likely N-dealkylation sites (N-methyl/N-ethyl adjacent to an activating group) is 1. The lowest BCUT2D eigenvalue weighted by Crippen LogP contribution is -2.50. The molecule has 3 aromatic carbocycles. The van der Waals surface area contributed by atoms with E-state index in [1.165, 1.54) is 18.3 Å². The van der Waals surface area contributed by atoms with Gasteiger partial charge in [-0.15, -0.1) is 0 Å². The molecule has 1 aliphatic rings. The van der Waals surface area contributed by atoms with E-state index in [2.05, 4.69) is 34.2 Å². The van der Waals surface area contributed by atoms with Crippen molar-refractivity contribution >= 4 is 29.2 Å². The van der Waals surface area contributed by atoms with Crippen LogP contribution in [0.15, 0.2) is 60.8 Å². The predicted octanol–water partition coefficient (Wildman–Crippen LogP) is 6.91. The number of piperazine rings is 1. The first-order valence-corrected chi connectivity index (χ1v) is 14.3. The van der Waals surface area contributed by atoms with Crippen molar-refractivity contribution in [2.75, 3.05) is 41.8 Å². The molecule has 11 heteroatoms. The molecule has 5 rings (SSSR count). The highest BCUT2D eigenvalue weighted by Gasteiger charge is 2.25. The summed E-state index contributed by atoms with van der Waals surface area (Å²) < 4.78 is 49.7.